The Kier molecular flexibility index (Phi) is 5.74. The summed E-state index contributed by atoms with van der Waals surface area (Å²) in [6.45, 7) is 7.94. The highest BCUT2D eigenvalue weighted by Crippen LogP contribution is 2.29. The summed E-state index contributed by atoms with van der Waals surface area (Å²) in [5.74, 6) is 2.49. The van der Waals surface area contributed by atoms with E-state index in [0.717, 1.165) is 41.9 Å². The average Bonchev–Trinajstić information content (AvgIpc) is 2.63. The maximum absolute atomic E-state index is 5.70. The van der Waals surface area contributed by atoms with Gasteiger partial charge in [-0.3, -0.25) is 0 Å². The highest BCUT2D eigenvalue weighted by molar-refractivity contribution is 5.64. The lowest BCUT2D eigenvalue weighted by atomic mass is 10.0. The second kappa shape index (κ2) is 8.19. The molecule has 0 aliphatic carbocycles. The minimum Gasteiger partial charge on any atom is -0.492 e. The van der Waals surface area contributed by atoms with Crippen molar-refractivity contribution in [3.05, 3.63) is 36.0 Å². The van der Waals surface area contributed by atoms with Crippen LogP contribution in [0.5, 0.6) is 5.75 Å². The first-order valence-corrected chi connectivity index (χ1v) is 9.32. The largest absolute Gasteiger partial charge is 0.492 e. The lowest BCUT2D eigenvalue weighted by Crippen LogP contribution is -2.40. The molecule has 1 aliphatic heterocycles. The van der Waals surface area contributed by atoms with Crippen molar-refractivity contribution >= 4 is 17.5 Å². The summed E-state index contributed by atoms with van der Waals surface area (Å²) in [5.41, 5.74) is 1.90. The molecule has 0 saturated carbocycles. The van der Waals surface area contributed by atoms with E-state index in [1.54, 1.807) is 0 Å². The Bertz CT molecular complexity index is 704. The Morgan fingerprint density at radius 1 is 1.20 bits per heavy atom. The van der Waals surface area contributed by atoms with E-state index in [1.165, 1.54) is 19.3 Å². The molecule has 1 aromatic heterocycles. The maximum atomic E-state index is 5.70. The van der Waals surface area contributed by atoms with Crippen molar-refractivity contribution in [3.63, 3.8) is 0 Å². The average molecular weight is 340 g/mol. The molecule has 1 unspecified atom stereocenters. The Balaban J connectivity index is 1.87. The van der Waals surface area contributed by atoms with Crippen LogP contribution < -0.4 is 15.0 Å². The van der Waals surface area contributed by atoms with Crippen molar-refractivity contribution in [2.45, 2.75) is 52.5 Å². The van der Waals surface area contributed by atoms with E-state index in [1.807, 2.05) is 44.2 Å². The van der Waals surface area contributed by atoms with Crippen LogP contribution in [0.15, 0.2) is 30.3 Å². The second-order valence-electron chi connectivity index (χ2n) is 6.50. The Morgan fingerprint density at radius 3 is 2.84 bits per heavy atom. The Morgan fingerprint density at radius 2 is 2.04 bits per heavy atom. The van der Waals surface area contributed by atoms with Crippen molar-refractivity contribution in [1.82, 2.24) is 9.97 Å². The van der Waals surface area contributed by atoms with Crippen LogP contribution in [0.25, 0.3) is 0 Å². The fraction of sp³-hybridized carbons (Fsp3) is 0.500. The maximum Gasteiger partial charge on any atom is 0.227 e. The number of ether oxygens (including phenoxy) is 1. The number of piperidine rings is 1. The molecular formula is C20H28N4O. The van der Waals surface area contributed by atoms with Gasteiger partial charge >= 0.3 is 0 Å². The number of rotatable bonds is 6. The van der Waals surface area contributed by atoms with E-state index < -0.39 is 0 Å². The predicted molar refractivity (Wildman–Crippen MR) is 103 cm³/mol. The van der Waals surface area contributed by atoms with Crippen LogP contribution in [0.1, 0.15) is 45.2 Å². The second-order valence-corrected chi connectivity index (χ2v) is 6.50. The van der Waals surface area contributed by atoms with Gasteiger partial charge in [0.2, 0.25) is 5.95 Å². The number of aromatic nitrogens is 2. The monoisotopic (exact) mass is 340 g/mol. The molecule has 0 spiro atoms. The summed E-state index contributed by atoms with van der Waals surface area (Å²) < 4.78 is 5.70. The number of nitrogens with one attached hydrogen (secondary N) is 1. The van der Waals surface area contributed by atoms with Crippen molar-refractivity contribution < 1.29 is 4.74 Å². The van der Waals surface area contributed by atoms with E-state index in [-0.39, 0.29) is 0 Å². The molecule has 1 aromatic carbocycles. The molecule has 0 bridgehead atoms. The van der Waals surface area contributed by atoms with Gasteiger partial charge in [0.1, 0.15) is 11.6 Å². The number of hydrogen-bond acceptors (Lipinski definition) is 5. The third kappa shape index (κ3) is 4.21. The molecular weight excluding hydrogens is 312 g/mol. The van der Waals surface area contributed by atoms with Crippen LogP contribution in [0.4, 0.5) is 17.5 Å². The van der Waals surface area contributed by atoms with Crippen LogP contribution in [-0.2, 0) is 0 Å². The fourth-order valence-corrected chi connectivity index (χ4v) is 3.42. The van der Waals surface area contributed by atoms with Crippen molar-refractivity contribution in [2.75, 3.05) is 23.4 Å². The van der Waals surface area contributed by atoms with E-state index in [4.69, 9.17) is 14.7 Å². The summed E-state index contributed by atoms with van der Waals surface area (Å²) >= 11 is 0. The SMILES string of the molecule is CCOc1ccccc1Nc1cc(C)nc(N2CCCCC2CC)n1. The topological polar surface area (TPSA) is 50.3 Å². The third-order valence-corrected chi connectivity index (χ3v) is 4.65. The Labute approximate surface area is 150 Å². The molecule has 25 heavy (non-hydrogen) atoms. The highest BCUT2D eigenvalue weighted by Gasteiger charge is 2.23. The lowest BCUT2D eigenvalue weighted by Gasteiger charge is -2.35. The number of para-hydroxylation sites is 2. The van der Waals surface area contributed by atoms with Gasteiger partial charge in [-0.25, -0.2) is 4.98 Å². The number of anilines is 3. The molecule has 2 heterocycles. The van der Waals surface area contributed by atoms with Gasteiger partial charge in [-0.2, -0.15) is 4.98 Å². The fourth-order valence-electron chi connectivity index (χ4n) is 3.42. The van der Waals surface area contributed by atoms with Crippen molar-refractivity contribution in [2.24, 2.45) is 0 Å². The molecule has 3 rings (SSSR count). The van der Waals surface area contributed by atoms with Gasteiger partial charge in [0.05, 0.1) is 12.3 Å². The highest BCUT2D eigenvalue weighted by atomic mass is 16.5. The summed E-state index contributed by atoms with van der Waals surface area (Å²) in [5, 5.41) is 3.41. The van der Waals surface area contributed by atoms with Gasteiger partial charge in [0.25, 0.3) is 0 Å². The van der Waals surface area contributed by atoms with E-state index in [0.29, 0.717) is 12.6 Å². The summed E-state index contributed by atoms with van der Waals surface area (Å²) in [7, 11) is 0. The van der Waals surface area contributed by atoms with Crippen LogP contribution in [0.2, 0.25) is 0 Å². The van der Waals surface area contributed by atoms with Gasteiger partial charge in [0, 0.05) is 24.3 Å². The predicted octanol–water partition coefficient (Wildman–Crippen LogP) is 4.70. The van der Waals surface area contributed by atoms with Crippen LogP contribution in [0.3, 0.4) is 0 Å². The molecule has 1 N–H and O–H groups in total. The zero-order valence-corrected chi connectivity index (χ0v) is 15.5. The smallest absolute Gasteiger partial charge is 0.227 e. The Hall–Kier alpha value is -2.30. The number of nitrogens with zero attached hydrogens (tertiary/aromatic N) is 3. The van der Waals surface area contributed by atoms with Gasteiger partial charge in [-0.15, -0.1) is 0 Å². The van der Waals surface area contributed by atoms with E-state index in [9.17, 15) is 0 Å². The minimum absolute atomic E-state index is 0.541. The molecule has 0 amide bonds. The molecule has 1 saturated heterocycles. The van der Waals surface area contributed by atoms with Crippen LogP contribution in [0, 0.1) is 6.92 Å². The third-order valence-electron chi connectivity index (χ3n) is 4.65. The zero-order valence-electron chi connectivity index (χ0n) is 15.5. The summed E-state index contributed by atoms with van der Waals surface area (Å²) in [6, 6.07) is 10.5. The molecule has 1 atom stereocenters. The standard InChI is InChI=1S/C20H28N4O/c1-4-16-10-8-9-13-24(16)20-21-15(3)14-19(23-20)22-17-11-6-7-12-18(17)25-5-2/h6-7,11-12,14,16H,4-5,8-10,13H2,1-3H3,(H,21,22,23). The summed E-state index contributed by atoms with van der Waals surface area (Å²) in [6.07, 6.45) is 4.87. The summed E-state index contributed by atoms with van der Waals surface area (Å²) in [4.78, 5) is 11.9. The van der Waals surface area contributed by atoms with E-state index in [2.05, 4.69) is 17.1 Å². The molecule has 1 fully saturated rings. The number of hydrogen-bond donors (Lipinski definition) is 1. The molecule has 1 aliphatic rings. The van der Waals surface area contributed by atoms with Gasteiger partial charge in [-0.05, 0) is 51.7 Å². The first kappa shape index (κ1) is 17.5. The molecule has 2 aromatic rings. The zero-order chi connectivity index (χ0) is 17.6. The normalized spacial score (nSPS) is 17.4. The van der Waals surface area contributed by atoms with E-state index >= 15 is 0 Å². The first-order valence-electron chi connectivity index (χ1n) is 9.32. The van der Waals surface area contributed by atoms with Crippen LogP contribution >= 0.6 is 0 Å². The van der Waals surface area contributed by atoms with Crippen molar-refractivity contribution in [1.29, 1.82) is 0 Å². The van der Waals surface area contributed by atoms with Crippen molar-refractivity contribution in [3.8, 4) is 5.75 Å². The quantitative estimate of drug-likeness (QED) is 0.826. The number of aryl methyl sites for hydroxylation is 1. The molecule has 134 valence electrons. The number of benzene rings is 1. The van der Waals surface area contributed by atoms with Gasteiger partial charge in [0.15, 0.2) is 0 Å². The molecule has 5 heteroatoms. The molecule has 5 nitrogen and oxygen atoms in total. The van der Waals surface area contributed by atoms with Gasteiger partial charge < -0.3 is 15.0 Å². The van der Waals surface area contributed by atoms with Gasteiger partial charge in [-0.1, -0.05) is 19.1 Å². The minimum atomic E-state index is 0.541. The lowest BCUT2D eigenvalue weighted by molar-refractivity contribution is 0.342. The van der Waals surface area contributed by atoms with Crippen LogP contribution in [-0.4, -0.2) is 29.2 Å². The first-order chi connectivity index (χ1) is 12.2. The molecule has 0 radical (unpaired) electrons.